The van der Waals surface area contributed by atoms with E-state index in [1.54, 1.807) is 0 Å². The number of nitro groups is 1. The zero-order chi connectivity index (χ0) is 16.2. The molecule has 1 atom stereocenters. The number of non-ortho nitro benzene ring substituents is 1. The molecule has 0 aromatic heterocycles. The lowest BCUT2D eigenvalue weighted by Gasteiger charge is -2.26. The van der Waals surface area contributed by atoms with Crippen molar-refractivity contribution in [1.82, 2.24) is 0 Å². The van der Waals surface area contributed by atoms with Gasteiger partial charge >= 0.3 is 0 Å². The second-order valence-electron chi connectivity index (χ2n) is 4.98. The molecule has 1 N–H and O–H groups in total. The zero-order valence-electron chi connectivity index (χ0n) is 12.1. The Hall–Kier alpha value is -3.27. The van der Waals surface area contributed by atoms with Crippen molar-refractivity contribution < 1.29 is 14.4 Å². The molecule has 0 bridgehead atoms. The molecule has 0 radical (unpaired) electrons. The zero-order valence-corrected chi connectivity index (χ0v) is 12.1. The van der Waals surface area contributed by atoms with Crippen LogP contribution in [0, 0.1) is 21.4 Å². The van der Waals surface area contributed by atoms with Gasteiger partial charge in [0.15, 0.2) is 11.5 Å². The van der Waals surface area contributed by atoms with Gasteiger partial charge in [-0.3, -0.25) is 10.1 Å². The first-order valence-electron chi connectivity index (χ1n) is 6.98. The van der Waals surface area contributed by atoms with Crippen LogP contribution in [-0.4, -0.2) is 24.2 Å². The van der Waals surface area contributed by atoms with Crippen LogP contribution in [0.5, 0.6) is 11.5 Å². The SMILES string of the molecule is N#Cc1cc([N+](=O)[O-])ccc1NC[C@H]1COc2ccccc2O1. The molecule has 0 unspecified atom stereocenters. The molecule has 23 heavy (non-hydrogen) atoms. The first kappa shape index (κ1) is 14.7. The van der Waals surface area contributed by atoms with Crippen LogP contribution >= 0.6 is 0 Å². The molecule has 1 aliphatic rings. The number of hydrogen-bond donors (Lipinski definition) is 1. The van der Waals surface area contributed by atoms with E-state index in [1.807, 2.05) is 30.3 Å². The van der Waals surface area contributed by atoms with Crippen molar-refractivity contribution in [3.05, 3.63) is 58.1 Å². The van der Waals surface area contributed by atoms with E-state index < -0.39 is 4.92 Å². The summed E-state index contributed by atoms with van der Waals surface area (Å²) in [6, 6.07) is 13.5. The summed E-state index contributed by atoms with van der Waals surface area (Å²) >= 11 is 0. The Morgan fingerprint density at radius 3 is 2.83 bits per heavy atom. The molecule has 0 spiro atoms. The topological polar surface area (TPSA) is 97.4 Å². The standard InChI is InChI=1S/C16H13N3O4/c17-8-11-7-12(19(20)21)5-6-14(11)18-9-13-10-22-15-3-1-2-4-16(15)23-13/h1-7,13,18H,9-10H2/t13-/m0/s1. The van der Waals surface area contributed by atoms with Gasteiger partial charge in [0.25, 0.3) is 5.69 Å². The maximum absolute atomic E-state index is 10.7. The van der Waals surface area contributed by atoms with E-state index in [1.165, 1.54) is 18.2 Å². The molecule has 0 fully saturated rings. The van der Waals surface area contributed by atoms with Crippen LogP contribution in [0.25, 0.3) is 0 Å². The fourth-order valence-electron chi connectivity index (χ4n) is 2.28. The average molecular weight is 311 g/mol. The highest BCUT2D eigenvalue weighted by molar-refractivity contribution is 5.61. The van der Waals surface area contributed by atoms with E-state index in [-0.39, 0.29) is 17.4 Å². The van der Waals surface area contributed by atoms with Gasteiger partial charge in [0, 0.05) is 12.1 Å². The van der Waals surface area contributed by atoms with Crippen LogP contribution in [-0.2, 0) is 0 Å². The van der Waals surface area contributed by atoms with Crippen LogP contribution in [0.1, 0.15) is 5.56 Å². The maximum atomic E-state index is 10.7. The van der Waals surface area contributed by atoms with Crippen LogP contribution in [0.4, 0.5) is 11.4 Å². The number of benzene rings is 2. The molecule has 1 aliphatic heterocycles. The number of nitrogens with one attached hydrogen (secondary N) is 1. The summed E-state index contributed by atoms with van der Waals surface area (Å²) in [5.41, 5.74) is 0.634. The lowest BCUT2D eigenvalue weighted by atomic mass is 10.1. The summed E-state index contributed by atoms with van der Waals surface area (Å²) in [7, 11) is 0. The summed E-state index contributed by atoms with van der Waals surface area (Å²) in [5.74, 6) is 1.38. The van der Waals surface area contributed by atoms with Gasteiger partial charge in [0.2, 0.25) is 0 Å². The second kappa shape index (κ2) is 6.23. The third-order valence-corrected chi connectivity index (χ3v) is 3.42. The van der Waals surface area contributed by atoms with Crippen LogP contribution in [0.2, 0.25) is 0 Å². The Morgan fingerprint density at radius 1 is 1.30 bits per heavy atom. The van der Waals surface area contributed by atoms with Crippen molar-refractivity contribution in [3.63, 3.8) is 0 Å². The summed E-state index contributed by atoms with van der Waals surface area (Å²) < 4.78 is 11.4. The monoisotopic (exact) mass is 311 g/mol. The third kappa shape index (κ3) is 3.16. The number of fused-ring (bicyclic) bond motifs is 1. The number of nitro benzene ring substituents is 1. The quantitative estimate of drug-likeness (QED) is 0.688. The highest BCUT2D eigenvalue weighted by atomic mass is 16.6. The number of nitriles is 1. The molecule has 0 amide bonds. The van der Waals surface area contributed by atoms with Gasteiger partial charge in [0.1, 0.15) is 18.8 Å². The molecule has 1 heterocycles. The Labute approximate surface area is 132 Å². The van der Waals surface area contributed by atoms with E-state index in [2.05, 4.69) is 5.32 Å². The number of para-hydroxylation sites is 2. The highest BCUT2D eigenvalue weighted by Crippen LogP contribution is 2.31. The molecule has 2 aromatic carbocycles. The van der Waals surface area contributed by atoms with E-state index >= 15 is 0 Å². The molecule has 0 aliphatic carbocycles. The van der Waals surface area contributed by atoms with Gasteiger partial charge in [-0.15, -0.1) is 0 Å². The van der Waals surface area contributed by atoms with Crippen LogP contribution < -0.4 is 14.8 Å². The fourth-order valence-corrected chi connectivity index (χ4v) is 2.28. The third-order valence-electron chi connectivity index (χ3n) is 3.42. The smallest absolute Gasteiger partial charge is 0.270 e. The number of nitrogens with zero attached hydrogens (tertiary/aromatic N) is 2. The Kier molecular flexibility index (Phi) is 3.97. The van der Waals surface area contributed by atoms with Crippen molar-refractivity contribution in [3.8, 4) is 17.6 Å². The predicted octanol–water partition coefficient (Wildman–Crippen LogP) is 2.72. The largest absolute Gasteiger partial charge is 0.486 e. The molecular formula is C16H13N3O4. The normalized spacial score (nSPS) is 15.5. The second-order valence-corrected chi connectivity index (χ2v) is 4.98. The number of anilines is 1. The Morgan fingerprint density at radius 2 is 2.09 bits per heavy atom. The summed E-state index contributed by atoms with van der Waals surface area (Å²) in [6.07, 6.45) is -0.216. The maximum Gasteiger partial charge on any atom is 0.270 e. The molecule has 3 rings (SSSR count). The van der Waals surface area contributed by atoms with Gasteiger partial charge in [-0.05, 0) is 18.2 Å². The molecular weight excluding hydrogens is 298 g/mol. The molecule has 116 valence electrons. The lowest BCUT2D eigenvalue weighted by Crippen LogP contribution is -2.35. The lowest BCUT2D eigenvalue weighted by molar-refractivity contribution is -0.384. The number of hydrogen-bond acceptors (Lipinski definition) is 6. The van der Waals surface area contributed by atoms with Crippen molar-refractivity contribution in [1.29, 1.82) is 5.26 Å². The van der Waals surface area contributed by atoms with Gasteiger partial charge < -0.3 is 14.8 Å². The van der Waals surface area contributed by atoms with E-state index in [4.69, 9.17) is 14.7 Å². The van der Waals surface area contributed by atoms with E-state index in [9.17, 15) is 10.1 Å². The Bertz CT molecular complexity index is 785. The van der Waals surface area contributed by atoms with Crippen molar-refractivity contribution in [2.75, 3.05) is 18.5 Å². The summed E-state index contributed by atoms with van der Waals surface area (Å²) in [4.78, 5) is 10.2. The molecule has 0 saturated heterocycles. The van der Waals surface area contributed by atoms with Gasteiger partial charge in [-0.2, -0.15) is 5.26 Å². The number of ether oxygens (including phenoxy) is 2. The average Bonchev–Trinajstić information content (AvgIpc) is 2.59. The van der Waals surface area contributed by atoms with Crippen LogP contribution in [0.3, 0.4) is 0 Å². The molecule has 2 aromatic rings. The molecule has 7 heteroatoms. The van der Waals surface area contributed by atoms with Crippen molar-refractivity contribution >= 4 is 11.4 Å². The Balaban J connectivity index is 1.68. The van der Waals surface area contributed by atoms with E-state index in [0.717, 1.165) is 0 Å². The first-order valence-corrected chi connectivity index (χ1v) is 6.98. The minimum Gasteiger partial charge on any atom is -0.486 e. The summed E-state index contributed by atoms with van der Waals surface area (Å²) in [5, 5.41) is 22.9. The van der Waals surface area contributed by atoms with Gasteiger partial charge in [-0.1, -0.05) is 12.1 Å². The predicted molar refractivity (Wildman–Crippen MR) is 82.7 cm³/mol. The fraction of sp³-hybridized carbons (Fsp3) is 0.188. The molecule has 0 saturated carbocycles. The van der Waals surface area contributed by atoms with Crippen molar-refractivity contribution in [2.24, 2.45) is 0 Å². The first-order chi connectivity index (χ1) is 11.2. The number of rotatable bonds is 4. The van der Waals surface area contributed by atoms with Crippen molar-refractivity contribution in [2.45, 2.75) is 6.10 Å². The van der Waals surface area contributed by atoms with E-state index in [0.29, 0.717) is 30.3 Å². The summed E-state index contributed by atoms with van der Waals surface area (Å²) in [6.45, 7) is 0.805. The van der Waals surface area contributed by atoms with Crippen LogP contribution in [0.15, 0.2) is 42.5 Å². The van der Waals surface area contributed by atoms with Gasteiger partial charge in [0.05, 0.1) is 22.7 Å². The van der Waals surface area contributed by atoms with Gasteiger partial charge in [-0.25, -0.2) is 0 Å². The molecule has 7 nitrogen and oxygen atoms in total. The minimum absolute atomic E-state index is 0.113. The minimum atomic E-state index is -0.528. The highest BCUT2D eigenvalue weighted by Gasteiger charge is 2.21.